The highest BCUT2D eigenvalue weighted by Gasteiger charge is 2.25. The number of rotatable bonds is 8. The van der Waals surface area contributed by atoms with E-state index in [0.29, 0.717) is 18.8 Å². The van der Waals surface area contributed by atoms with Gasteiger partial charge >= 0.3 is 0 Å². The molecular weight excluding hydrogens is 330 g/mol. The van der Waals surface area contributed by atoms with Gasteiger partial charge < -0.3 is 24.4 Å². The highest BCUT2D eigenvalue weighted by atomic mass is 16.3. The predicted molar refractivity (Wildman–Crippen MR) is 105 cm³/mol. The van der Waals surface area contributed by atoms with Crippen LogP contribution in [0.4, 0.5) is 0 Å². The van der Waals surface area contributed by atoms with Crippen molar-refractivity contribution in [1.82, 2.24) is 20.0 Å². The number of furan rings is 1. The van der Waals surface area contributed by atoms with Crippen LogP contribution >= 0.6 is 0 Å². The van der Waals surface area contributed by atoms with Crippen molar-refractivity contribution >= 4 is 11.9 Å². The van der Waals surface area contributed by atoms with Crippen molar-refractivity contribution in [3.05, 3.63) is 24.2 Å². The Bertz CT molecular complexity index is 550. The molecule has 0 aliphatic carbocycles. The number of carbonyl (C=O) groups excluding carboxylic acids is 1. The number of hydrogen-bond donors (Lipinski definition) is 1. The number of hydrogen-bond acceptors (Lipinski definition) is 4. The summed E-state index contributed by atoms with van der Waals surface area (Å²) in [6, 6.07) is 3.47. The zero-order chi connectivity index (χ0) is 18.8. The summed E-state index contributed by atoms with van der Waals surface area (Å²) < 4.78 is 5.22. The largest absolute Gasteiger partial charge is 0.459 e. The molecule has 26 heavy (non-hydrogen) atoms. The Morgan fingerprint density at radius 1 is 1.19 bits per heavy atom. The molecule has 7 nitrogen and oxygen atoms in total. The number of likely N-dealkylation sites (N-methyl/N-ethyl adjacent to an activating group) is 1. The maximum atomic E-state index is 12.4. The van der Waals surface area contributed by atoms with Gasteiger partial charge in [-0.2, -0.15) is 0 Å². The Morgan fingerprint density at radius 2 is 1.92 bits per heavy atom. The van der Waals surface area contributed by atoms with Crippen LogP contribution in [0.5, 0.6) is 0 Å². The monoisotopic (exact) mass is 363 g/mol. The predicted octanol–water partition coefficient (Wildman–Crippen LogP) is 1.73. The van der Waals surface area contributed by atoms with Crippen LogP contribution < -0.4 is 5.32 Å². The smallest absolute Gasteiger partial charge is 0.289 e. The topological polar surface area (TPSA) is 64.3 Å². The van der Waals surface area contributed by atoms with E-state index in [4.69, 9.17) is 9.41 Å². The zero-order valence-electron chi connectivity index (χ0n) is 16.4. The summed E-state index contributed by atoms with van der Waals surface area (Å²) in [6.07, 6.45) is 2.71. The number of piperazine rings is 1. The van der Waals surface area contributed by atoms with Gasteiger partial charge in [0.25, 0.3) is 5.91 Å². The molecule has 2 rings (SSSR count). The number of amides is 1. The highest BCUT2D eigenvalue weighted by Crippen LogP contribution is 2.09. The molecule has 1 amide bonds. The first-order chi connectivity index (χ1) is 12.7. The fourth-order valence-corrected chi connectivity index (χ4v) is 3.14. The van der Waals surface area contributed by atoms with Gasteiger partial charge in [0, 0.05) is 39.3 Å². The standard InChI is InChI=1S/C19H33N5O2/c1-4-10-22(6-3)11-9-21-19(20-5-2)24-14-12-23(13-15-24)18(25)17-8-7-16-26-17/h7-8,16H,4-6,9-15H2,1-3H3,(H,20,21). The van der Waals surface area contributed by atoms with Crippen LogP contribution in [0.1, 0.15) is 37.7 Å². The summed E-state index contributed by atoms with van der Waals surface area (Å²) in [7, 11) is 0. The van der Waals surface area contributed by atoms with E-state index >= 15 is 0 Å². The quantitative estimate of drug-likeness (QED) is 0.563. The van der Waals surface area contributed by atoms with Gasteiger partial charge in [-0.25, -0.2) is 0 Å². The van der Waals surface area contributed by atoms with Crippen molar-refractivity contribution < 1.29 is 9.21 Å². The summed E-state index contributed by atoms with van der Waals surface area (Å²) in [4.78, 5) is 23.7. The fraction of sp³-hybridized carbons (Fsp3) is 0.684. The average molecular weight is 364 g/mol. The van der Waals surface area contributed by atoms with E-state index in [1.807, 2.05) is 4.90 Å². The highest BCUT2D eigenvalue weighted by molar-refractivity contribution is 5.91. The van der Waals surface area contributed by atoms with Crippen molar-refractivity contribution in [1.29, 1.82) is 0 Å². The minimum atomic E-state index is -0.0326. The molecule has 1 saturated heterocycles. The van der Waals surface area contributed by atoms with Crippen molar-refractivity contribution in [3.63, 3.8) is 0 Å². The molecule has 0 unspecified atom stereocenters. The molecule has 2 heterocycles. The molecule has 0 atom stereocenters. The molecule has 0 aromatic carbocycles. The molecule has 1 aromatic heterocycles. The summed E-state index contributed by atoms with van der Waals surface area (Å²) in [5.41, 5.74) is 0. The number of nitrogens with one attached hydrogen (secondary N) is 1. The first kappa shape index (κ1) is 20.3. The average Bonchev–Trinajstić information content (AvgIpc) is 3.21. The molecule has 0 bridgehead atoms. The van der Waals surface area contributed by atoms with Gasteiger partial charge in [-0.3, -0.25) is 9.79 Å². The third-order valence-corrected chi connectivity index (χ3v) is 4.60. The van der Waals surface area contributed by atoms with Crippen molar-refractivity contribution in [3.8, 4) is 0 Å². The molecule has 1 fully saturated rings. The van der Waals surface area contributed by atoms with Crippen LogP contribution in [0.2, 0.25) is 0 Å². The maximum Gasteiger partial charge on any atom is 0.289 e. The van der Waals surface area contributed by atoms with E-state index in [1.165, 1.54) is 12.7 Å². The van der Waals surface area contributed by atoms with Gasteiger partial charge in [0.05, 0.1) is 12.8 Å². The number of nitrogens with zero attached hydrogens (tertiary/aromatic N) is 4. The lowest BCUT2D eigenvalue weighted by Crippen LogP contribution is -2.53. The van der Waals surface area contributed by atoms with E-state index in [2.05, 4.69) is 35.9 Å². The summed E-state index contributed by atoms with van der Waals surface area (Å²) in [5.74, 6) is 1.33. The molecule has 0 radical (unpaired) electrons. The SMILES string of the molecule is CCCN(CC)CCN=C(NCC)N1CCN(C(=O)c2ccco2)CC1. The van der Waals surface area contributed by atoms with Crippen LogP contribution in [-0.4, -0.2) is 85.5 Å². The van der Waals surface area contributed by atoms with Gasteiger partial charge in [0.2, 0.25) is 0 Å². The lowest BCUT2D eigenvalue weighted by atomic mass is 10.3. The Hall–Kier alpha value is -2.02. The second-order valence-electron chi connectivity index (χ2n) is 6.43. The van der Waals surface area contributed by atoms with E-state index in [0.717, 1.165) is 51.8 Å². The lowest BCUT2D eigenvalue weighted by molar-refractivity contribution is 0.0657. The maximum absolute atomic E-state index is 12.4. The van der Waals surface area contributed by atoms with Gasteiger partial charge in [0.1, 0.15) is 0 Å². The van der Waals surface area contributed by atoms with E-state index in [1.54, 1.807) is 12.1 Å². The normalized spacial score (nSPS) is 15.6. The molecule has 1 aliphatic heterocycles. The molecule has 1 aromatic rings. The third-order valence-electron chi connectivity index (χ3n) is 4.60. The van der Waals surface area contributed by atoms with Crippen LogP contribution in [-0.2, 0) is 0 Å². The summed E-state index contributed by atoms with van der Waals surface area (Å²) >= 11 is 0. The summed E-state index contributed by atoms with van der Waals surface area (Å²) in [5, 5.41) is 3.38. The Morgan fingerprint density at radius 3 is 2.50 bits per heavy atom. The Labute approximate surface area is 157 Å². The van der Waals surface area contributed by atoms with Gasteiger partial charge in [-0.15, -0.1) is 0 Å². The Kier molecular flexibility index (Phi) is 8.47. The van der Waals surface area contributed by atoms with Crippen LogP contribution in [0.3, 0.4) is 0 Å². The number of guanidine groups is 1. The summed E-state index contributed by atoms with van der Waals surface area (Å²) in [6.45, 7) is 14.2. The molecule has 0 spiro atoms. The van der Waals surface area contributed by atoms with E-state index < -0.39 is 0 Å². The second kappa shape index (κ2) is 10.9. The minimum absolute atomic E-state index is 0.0326. The molecule has 0 saturated carbocycles. The molecular formula is C19H33N5O2. The van der Waals surface area contributed by atoms with Gasteiger partial charge in [-0.05, 0) is 38.6 Å². The molecule has 1 aliphatic rings. The number of carbonyl (C=O) groups is 1. The molecule has 146 valence electrons. The van der Waals surface area contributed by atoms with E-state index in [-0.39, 0.29) is 5.91 Å². The molecule has 1 N–H and O–H groups in total. The van der Waals surface area contributed by atoms with Crippen LogP contribution in [0, 0.1) is 0 Å². The van der Waals surface area contributed by atoms with Crippen molar-refractivity contribution in [2.45, 2.75) is 27.2 Å². The van der Waals surface area contributed by atoms with Gasteiger partial charge in [0.15, 0.2) is 11.7 Å². The zero-order valence-corrected chi connectivity index (χ0v) is 16.4. The van der Waals surface area contributed by atoms with Crippen molar-refractivity contribution in [2.24, 2.45) is 4.99 Å². The number of aliphatic imine (C=N–C) groups is 1. The first-order valence-electron chi connectivity index (χ1n) is 9.77. The van der Waals surface area contributed by atoms with Crippen LogP contribution in [0.15, 0.2) is 27.8 Å². The third kappa shape index (κ3) is 5.76. The first-order valence-corrected chi connectivity index (χ1v) is 9.77. The fourth-order valence-electron chi connectivity index (χ4n) is 3.14. The molecule has 7 heteroatoms. The lowest BCUT2D eigenvalue weighted by Gasteiger charge is -2.36. The Balaban J connectivity index is 1.86. The van der Waals surface area contributed by atoms with Crippen molar-refractivity contribution in [2.75, 3.05) is 58.9 Å². The van der Waals surface area contributed by atoms with E-state index in [9.17, 15) is 4.79 Å². The second-order valence-corrected chi connectivity index (χ2v) is 6.43. The van der Waals surface area contributed by atoms with Gasteiger partial charge in [-0.1, -0.05) is 13.8 Å². The van der Waals surface area contributed by atoms with Crippen LogP contribution in [0.25, 0.3) is 0 Å². The minimum Gasteiger partial charge on any atom is -0.459 e.